The largest absolute Gasteiger partial charge is 0.351 e. The normalized spacial score (nSPS) is 32.8. The minimum atomic E-state index is -0.626. The molecule has 0 radical (unpaired) electrons. The van der Waals surface area contributed by atoms with E-state index in [4.69, 9.17) is 4.74 Å². The van der Waals surface area contributed by atoms with Crippen molar-refractivity contribution in [2.75, 3.05) is 13.2 Å². The van der Waals surface area contributed by atoms with E-state index in [0.29, 0.717) is 43.3 Å². The maximum absolute atomic E-state index is 12.8. The number of carbonyl (C=O) groups is 2. The van der Waals surface area contributed by atoms with Crippen LogP contribution >= 0.6 is 11.7 Å². The molecule has 0 aliphatic carbocycles. The molecule has 1 spiro atoms. The van der Waals surface area contributed by atoms with Gasteiger partial charge in [-0.3, -0.25) is 9.59 Å². The Bertz CT molecular complexity index is 675. The van der Waals surface area contributed by atoms with E-state index >= 15 is 0 Å². The number of carbonyl (C=O) groups excluding carboxylic acids is 2. The standard InChI is InChI=1S/C15H20N4O3S/c1-8(2)10-7-22-15-4-5-18(11(15)6-12(20)19(10)15)14(21)13-9(3)16-23-17-13/h8,10-11H,4-7H2,1-3H3/t10-,11+,15-/m0/s1. The molecule has 23 heavy (non-hydrogen) atoms. The molecule has 1 aromatic heterocycles. The number of aryl methyl sites for hydroxylation is 1. The van der Waals surface area contributed by atoms with Gasteiger partial charge in [-0.05, 0) is 12.8 Å². The van der Waals surface area contributed by atoms with Gasteiger partial charge in [0.25, 0.3) is 5.91 Å². The lowest BCUT2D eigenvalue weighted by molar-refractivity contribution is -0.139. The van der Waals surface area contributed by atoms with Crippen LogP contribution in [0.1, 0.15) is 42.9 Å². The second-order valence-corrected chi connectivity index (χ2v) is 7.43. The van der Waals surface area contributed by atoms with Crippen LogP contribution in [0.25, 0.3) is 0 Å². The number of amides is 2. The molecule has 3 aliphatic rings. The van der Waals surface area contributed by atoms with Crippen molar-refractivity contribution >= 4 is 23.5 Å². The van der Waals surface area contributed by atoms with Crippen LogP contribution in [0.2, 0.25) is 0 Å². The lowest BCUT2D eigenvalue weighted by Gasteiger charge is -2.34. The zero-order valence-corrected chi connectivity index (χ0v) is 14.3. The fraction of sp³-hybridized carbons (Fsp3) is 0.733. The van der Waals surface area contributed by atoms with Crippen LogP contribution in [0.5, 0.6) is 0 Å². The number of hydrogen-bond acceptors (Lipinski definition) is 6. The summed E-state index contributed by atoms with van der Waals surface area (Å²) < 4.78 is 14.3. The van der Waals surface area contributed by atoms with Gasteiger partial charge in [0.2, 0.25) is 5.91 Å². The van der Waals surface area contributed by atoms with Crippen LogP contribution in [-0.2, 0) is 9.53 Å². The highest BCUT2D eigenvalue weighted by Gasteiger charge is 2.65. The molecule has 4 rings (SSSR count). The van der Waals surface area contributed by atoms with Crippen molar-refractivity contribution in [3.63, 3.8) is 0 Å². The third-order valence-corrected chi connectivity index (χ3v) is 5.99. The quantitative estimate of drug-likeness (QED) is 0.807. The molecule has 0 unspecified atom stereocenters. The summed E-state index contributed by atoms with van der Waals surface area (Å²) in [6.07, 6.45) is 1.01. The number of ether oxygens (including phenoxy) is 1. The summed E-state index contributed by atoms with van der Waals surface area (Å²) in [5.41, 5.74) is 0.421. The number of hydrogen-bond donors (Lipinski definition) is 0. The number of aromatic nitrogens is 2. The Kier molecular flexibility index (Phi) is 3.25. The van der Waals surface area contributed by atoms with Gasteiger partial charge in [-0.25, -0.2) is 0 Å². The van der Waals surface area contributed by atoms with Crippen molar-refractivity contribution in [2.24, 2.45) is 5.92 Å². The molecule has 8 heteroatoms. The molecule has 4 heterocycles. The van der Waals surface area contributed by atoms with E-state index < -0.39 is 5.72 Å². The highest BCUT2D eigenvalue weighted by atomic mass is 32.1. The second kappa shape index (κ2) is 4.98. The minimum Gasteiger partial charge on any atom is -0.351 e. The van der Waals surface area contributed by atoms with Gasteiger partial charge in [0.15, 0.2) is 11.4 Å². The van der Waals surface area contributed by atoms with Gasteiger partial charge in [0, 0.05) is 13.0 Å². The summed E-state index contributed by atoms with van der Waals surface area (Å²) in [4.78, 5) is 29.1. The first-order valence-electron chi connectivity index (χ1n) is 8.02. The van der Waals surface area contributed by atoms with Crippen molar-refractivity contribution in [2.45, 2.75) is 51.4 Å². The smallest absolute Gasteiger partial charge is 0.275 e. The van der Waals surface area contributed by atoms with Gasteiger partial charge in [0.1, 0.15) is 0 Å². The lowest BCUT2D eigenvalue weighted by Crippen LogP contribution is -2.51. The zero-order chi connectivity index (χ0) is 16.4. The van der Waals surface area contributed by atoms with Crippen molar-refractivity contribution in [1.29, 1.82) is 0 Å². The van der Waals surface area contributed by atoms with Gasteiger partial charge in [-0.15, -0.1) is 0 Å². The zero-order valence-electron chi connectivity index (χ0n) is 13.5. The first-order valence-corrected chi connectivity index (χ1v) is 8.75. The monoisotopic (exact) mass is 336 g/mol. The second-order valence-electron chi connectivity index (χ2n) is 6.90. The third-order valence-electron chi connectivity index (χ3n) is 5.37. The van der Waals surface area contributed by atoms with Gasteiger partial charge in [-0.2, -0.15) is 8.75 Å². The Morgan fingerprint density at radius 1 is 1.43 bits per heavy atom. The van der Waals surface area contributed by atoms with Crippen molar-refractivity contribution in [3.05, 3.63) is 11.4 Å². The molecular formula is C15H20N4O3S. The summed E-state index contributed by atoms with van der Waals surface area (Å²) in [7, 11) is 0. The SMILES string of the molecule is Cc1nsnc1C(=O)N1CC[C@@]23OC[C@@H](C(C)C)N2C(=O)C[C@@H]13. The van der Waals surface area contributed by atoms with Crippen LogP contribution in [0.4, 0.5) is 0 Å². The summed E-state index contributed by atoms with van der Waals surface area (Å²) in [6, 6.07) is -0.113. The molecule has 0 N–H and O–H groups in total. The third kappa shape index (κ3) is 1.91. The topological polar surface area (TPSA) is 75.6 Å². The molecule has 0 aromatic carbocycles. The van der Waals surface area contributed by atoms with Crippen LogP contribution in [-0.4, -0.2) is 61.3 Å². The fourth-order valence-electron chi connectivity index (χ4n) is 4.18. The van der Waals surface area contributed by atoms with Gasteiger partial charge < -0.3 is 14.5 Å². The van der Waals surface area contributed by atoms with E-state index in [2.05, 4.69) is 22.6 Å². The Hall–Kier alpha value is -1.54. The molecule has 7 nitrogen and oxygen atoms in total. The molecule has 124 valence electrons. The fourth-order valence-corrected chi connectivity index (χ4v) is 4.72. The van der Waals surface area contributed by atoms with E-state index in [9.17, 15) is 9.59 Å². The maximum Gasteiger partial charge on any atom is 0.275 e. The summed E-state index contributed by atoms with van der Waals surface area (Å²) in [5, 5.41) is 0. The molecule has 2 amide bonds. The molecule has 3 aliphatic heterocycles. The average Bonchev–Trinajstić information content (AvgIpc) is 3.21. The van der Waals surface area contributed by atoms with E-state index in [0.717, 1.165) is 11.7 Å². The van der Waals surface area contributed by atoms with E-state index in [1.807, 2.05) is 4.90 Å². The molecule has 1 aromatic rings. The first kappa shape index (κ1) is 15.0. The molecule has 0 saturated carbocycles. The molecule has 3 saturated heterocycles. The Morgan fingerprint density at radius 3 is 2.87 bits per heavy atom. The molecular weight excluding hydrogens is 316 g/mol. The van der Waals surface area contributed by atoms with Gasteiger partial charge in [0.05, 0.1) is 42.5 Å². The van der Waals surface area contributed by atoms with Crippen LogP contribution in [0.3, 0.4) is 0 Å². The van der Waals surface area contributed by atoms with Crippen LogP contribution in [0, 0.1) is 12.8 Å². The Balaban J connectivity index is 1.66. The lowest BCUT2D eigenvalue weighted by atomic mass is 10.0. The predicted octanol–water partition coefficient (Wildman–Crippen LogP) is 1.04. The van der Waals surface area contributed by atoms with E-state index in [1.165, 1.54) is 0 Å². The summed E-state index contributed by atoms with van der Waals surface area (Å²) >= 11 is 1.05. The number of nitrogens with zero attached hydrogens (tertiary/aromatic N) is 4. The Morgan fingerprint density at radius 2 is 2.22 bits per heavy atom. The maximum atomic E-state index is 12.8. The summed E-state index contributed by atoms with van der Waals surface area (Å²) in [6.45, 7) is 7.15. The number of likely N-dealkylation sites (tertiary alicyclic amines) is 1. The highest BCUT2D eigenvalue weighted by molar-refractivity contribution is 6.99. The molecule has 3 fully saturated rings. The average molecular weight is 336 g/mol. The molecule has 0 bridgehead atoms. The molecule has 3 atom stereocenters. The van der Waals surface area contributed by atoms with Crippen LogP contribution < -0.4 is 0 Å². The minimum absolute atomic E-state index is 0.0943. The van der Waals surface area contributed by atoms with Crippen molar-refractivity contribution in [1.82, 2.24) is 18.5 Å². The summed E-state index contributed by atoms with van der Waals surface area (Å²) in [5.74, 6) is 0.299. The first-order chi connectivity index (χ1) is 11.0. The van der Waals surface area contributed by atoms with E-state index in [-0.39, 0.29) is 23.9 Å². The number of rotatable bonds is 2. The van der Waals surface area contributed by atoms with Crippen LogP contribution in [0.15, 0.2) is 0 Å². The Labute approximate surface area is 138 Å². The van der Waals surface area contributed by atoms with E-state index in [1.54, 1.807) is 11.8 Å². The van der Waals surface area contributed by atoms with Gasteiger partial charge >= 0.3 is 0 Å². The van der Waals surface area contributed by atoms with Gasteiger partial charge in [-0.1, -0.05) is 13.8 Å². The van der Waals surface area contributed by atoms with Crippen molar-refractivity contribution in [3.8, 4) is 0 Å². The highest BCUT2D eigenvalue weighted by Crippen LogP contribution is 2.49. The predicted molar refractivity (Wildman–Crippen MR) is 82.9 cm³/mol. The van der Waals surface area contributed by atoms with Crippen molar-refractivity contribution < 1.29 is 14.3 Å².